The molecule has 1 aliphatic carbocycles. The molecule has 0 spiro atoms. The Labute approximate surface area is 262 Å². The molecule has 0 bridgehead atoms. The van der Waals surface area contributed by atoms with Gasteiger partial charge in [-0.05, 0) is 70.8 Å². The summed E-state index contributed by atoms with van der Waals surface area (Å²) < 4.78 is 5.21. The third-order valence-corrected chi connectivity index (χ3v) is 13.2. The summed E-state index contributed by atoms with van der Waals surface area (Å²) in [4.78, 5) is 5.52. The second-order valence-corrected chi connectivity index (χ2v) is 15.3. The average molecular weight is 604 g/mol. The van der Waals surface area contributed by atoms with E-state index in [1.807, 2.05) is 34.9 Å². The van der Waals surface area contributed by atoms with Crippen molar-refractivity contribution in [2.45, 2.75) is 38.8 Å². The Bertz CT molecular complexity index is 2490. The number of para-hydroxylation sites is 1. The van der Waals surface area contributed by atoms with Gasteiger partial charge in [-0.3, -0.25) is 0 Å². The van der Waals surface area contributed by atoms with Gasteiger partial charge in [0, 0.05) is 51.2 Å². The Morgan fingerprint density at radius 1 is 0.558 bits per heavy atom. The summed E-state index contributed by atoms with van der Waals surface area (Å²) in [5, 5.41) is 5.30. The summed E-state index contributed by atoms with van der Waals surface area (Å²) >= 11 is 5.76. The molecule has 10 rings (SSSR count). The van der Waals surface area contributed by atoms with Gasteiger partial charge in [0.25, 0.3) is 0 Å². The second kappa shape index (κ2) is 8.57. The van der Waals surface area contributed by atoms with Gasteiger partial charge in [-0.25, -0.2) is 0 Å². The van der Waals surface area contributed by atoms with Crippen molar-refractivity contribution in [1.29, 1.82) is 0 Å². The van der Waals surface area contributed by atoms with E-state index in [-0.39, 0.29) is 5.41 Å². The predicted molar refractivity (Wildman–Crippen MR) is 186 cm³/mol. The van der Waals surface area contributed by atoms with Crippen LogP contribution in [0.1, 0.15) is 25.0 Å². The van der Waals surface area contributed by atoms with Gasteiger partial charge in [-0.2, -0.15) is 0 Å². The number of hydrogen-bond acceptors (Lipinski definition) is 3. The standard InChI is InChI=1S/C39H25NS3/c1-39(2)28-21-31-27(20-26(28)24-18-19-35-38(36(24)39)43-34-17-8-7-16-33(34)41-35)22-10-3-5-13-29(22)40(31)30-14-9-12-25-23-11-4-6-15-32(23)42-37(25)30/h3-21H,1-2H3. The molecule has 8 aromatic rings. The van der Waals surface area contributed by atoms with Crippen LogP contribution in [0.3, 0.4) is 0 Å². The average Bonchev–Trinajstić information content (AvgIpc) is 3.65. The third kappa shape index (κ3) is 3.21. The molecule has 3 heterocycles. The van der Waals surface area contributed by atoms with Crippen LogP contribution in [0, 0.1) is 0 Å². The largest absolute Gasteiger partial charge is 0.308 e. The van der Waals surface area contributed by atoms with Crippen molar-refractivity contribution in [3.63, 3.8) is 0 Å². The lowest BCUT2D eigenvalue weighted by Gasteiger charge is -2.28. The van der Waals surface area contributed by atoms with E-state index < -0.39 is 0 Å². The fraction of sp³-hybridized carbons (Fsp3) is 0.0769. The Kier molecular flexibility index (Phi) is 4.88. The van der Waals surface area contributed by atoms with Gasteiger partial charge < -0.3 is 4.57 Å². The highest BCUT2D eigenvalue weighted by Crippen LogP contribution is 2.59. The molecule has 1 aliphatic heterocycles. The number of aromatic nitrogens is 1. The number of rotatable bonds is 1. The predicted octanol–water partition coefficient (Wildman–Crippen LogP) is 12.1. The fourth-order valence-corrected chi connectivity index (χ4v) is 11.3. The minimum atomic E-state index is -0.116. The van der Waals surface area contributed by atoms with E-state index in [4.69, 9.17) is 0 Å². The molecule has 2 aliphatic rings. The molecule has 0 amide bonds. The van der Waals surface area contributed by atoms with Crippen LogP contribution in [0.4, 0.5) is 0 Å². The van der Waals surface area contributed by atoms with Gasteiger partial charge in [-0.1, -0.05) is 104 Å². The van der Waals surface area contributed by atoms with Crippen LogP contribution in [-0.2, 0) is 5.41 Å². The Morgan fingerprint density at radius 3 is 2.19 bits per heavy atom. The molecule has 0 atom stereocenters. The van der Waals surface area contributed by atoms with E-state index in [0.717, 1.165) is 0 Å². The van der Waals surface area contributed by atoms with Crippen molar-refractivity contribution >= 4 is 76.8 Å². The maximum atomic E-state index is 2.53. The van der Waals surface area contributed by atoms with Crippen molar-refractivity contribution in [3.05, 3.63) is 126 Å². The second-order valence-electron chi connectivity index (χ2n) is 12.1. The van der Waals surface area contributed by atoms with E-state index in [1.165, 1.54) is 89.5 Å². The molecule has 0 unspecified atom stereocenters. The maximum Gasteiger partial charge on any atom is 0.0640 e. The molecule has 0 fully saturated rings. The Morgan fingerprint density at radius 2 is 1.30 bits per heavy atom. The lowest BCUT2D eigenvalue weighted by Crippen LogP contribution is -2.17. The summed E-state index contributed by atoms with van der Waals surface area (Å²) in [6.07, 6.45) is 0. The molecule has 0 saturated heterocycles. The minimum Gasteiger partial charge on any atom is -0.308 e. The molecule has 6 aromatic carbocycles. The van der Waals surface area contributed by atoms with Crippen LogP contribution in [-0.4, -0.2) is 4.57 Å². The minimum absolute atomic E-state index is 0.116. The van der Waals surface area contributed by atoms with Crippen molar-refractivity contribution in [1.82, 2.24) is 4.57 Å². The highest BCUT2D eigenvalue weighted by Gasteiger charge is 2.40. The highest BCUT2D eigenvalue weighted by atomic mass is 32.2. The first kappa shape index (κ1) is 24.5. The lowest BCUT2D eigenvalue weighted by molar-refractivity contribution is 0.643. The van der Waals surface area contributed by atoms with Gasteiger partial charge in [0.1, 0.15) is 0 Å². The molecule has 0 saturated carbocycles. The molecule has 4 heteroatoms. The summed E-state index contributed by atoms with van der Waals surface area (Å²) in [5.74, 6) is 0. The van der Waals surface area contributed by atoms with Gasteiger partial charge in [0.2, 0.25) is 0 Å². The normalized spacial score (nSPS) is 14.7. The van der Waals surface area contributed by atoms with Crippen molar-refractivity contribution in [3.8, 4) is 16.8 Å². The van der Waals surface area contributed by atoms with Gasteiger partial charge in [-0.15, -0.1) is 11.3 Å². The Balaban J connectivity index is 1.26. The van der Waals surface area contributed by atoms with Gasteiger partial charge in [0.05, 0.1) is 21.4 Å². The van der Waals surface area contributed by atoms with E-state index in [0.29, 0.717) is 0 Å². The van der Waals surface area contributed by atoms with Crippen molar-refractivity contribution < 1.29 is 0 Å². The van der Waals surface area contributed by atoms with E-state index >= 15 is 0 Å². The number of thiophene rings is 1. The highest BCUT2D eigenvalue weighted by molar-refractivity contribution is 8.05. The zero-order valence-electron chi connectivity index (χ0n) is 23.6. The summed E-state index contributed by atoms with van der Waals surface area (Å²) in [6, 6.07) is 43.1. The van der Waals surface area contributed by atoms with Crippen molar-refractivity contribution in [2.75, 3.05) is 0 Å². The summed E-state index contributed by atoms with van der Waals surface area (Å²) in [5.41, 5.74) is 9.35. The lowest BCUT2D eigenvalue weighted by atomic mass is 9.82. The first-order valence-corrected chi connectivity index (χ1v) is 17.1. The Hall–Kier alpha value is -3.96. The molecule has 43 heavy (non-hydrogen) atoms. The number of nitrogens with zero attached hydrogens (tertiary/aromatic N) is 1. The molecular weight excluding hydrogens is 579 g/mol. The molecular formula is C39H25NS3. The van der Waals surface area contributed by atoms with Crippen LogP contribution in [0.2, 0.25) is 0 Å². The monoisotopic (exact) mass is 603 g/mol. The quantitative estimate of drug-likeness (QED) is 0.184. The first-order chi connectivity index (χ1) is 21.1. The van der Waals surface area contributed by atoms with Crippen LogP contribution in [0.5, 0.6) is 0 Å². The molecule has 204 valence electrons. The fourth-order valence-electron chi connectivity index (χ4n) is 7.50. The zero-order chi connectivity index (χ0) is 28.4. The molecule has 2 aromatic heterocycles. The number of fused-ring (bicyclic) bond motifs is 12. The van der Waals surface area contributed by atoms with Crippen LogP contribution in [0.15, 0.2) is 135 Å². The van der Waals surface area contributed by atoms with Gasteiger partial charge in [0.15, 0.2) is 0 Å². The van der Waals surface area contributed by atoms with Crippen LogP contribution in [0.25, 0.3) is 58.8 Å². The number of hydrogen-bond donors (Lipinski definition) is 0. The molecule has 0 N–H and O–H groups in total. The smallest absolute Gasteiger partial charge is 0.0640 e. The summed E-state index contributed by atoms with van der Waals surface area (Å²) in [6.45, 7) is 4.85. The zero-order valence-corrected chi connectivity index (χ0v) is 26.1. The topological polar surface area (TPSA) is 4.93 Å². The SMILES string of the molecule is CC1(C)c2cc3c(cc2-c2ccc4c(c21)Sc1ccccc1S4)c1ccccc1n3-c1cccc2c1sc1ccccc12. The molecule has 1 nitrogen and oxygen atoms in total. The van der Waals surface area contributed by atoms with Crippen LogP contribution < -0.4 is 0 Å². The van der Waals surface area contributed by atoms with E-state index in [2.05, 4.69) is 134 Å². The third-order valence-electron chi connectivity index (χ3n) is 9.43. The van der Waals surface area contributed by atoms with Crippen LogP contribution >= 0.6 is 34.9 Å². The first-order valence-electron chi connectivity index (χ1n) is 14.7. The van der Waals surface area contributed by atoms with Gasteiger partial charge >= 0.3 is 0 Å². The van der Waals surface area contributed by atoms with E-state index in [9.17, 15) is 0 Å². The van der Waals surface area contributed by atoms with E-state index in [1.54, 1.807) is 0 Å². The number of benzene rings is 6. The summed E-state index contributed by atoms with van der Waals surface area (Å²) in [7, 11) is 0. The molecule has 0 radical (unpaired) electrons. The van der Waals surface area contributed by atoms with Crippen molar-refractivity contribution in [2.24, 2.45) is 0 Å². The maximum absolute atomic E-state index is 2.53.